The highest BCUT2D eigenvalue weighted by Crippen LogP contribution is 2.14. The van der Waals surface area contributed by atoms with Gasteiger partial charge >= 0.3 is 0 Å². The third-order valence-electron chi connectivity index (χ3n) is 1.17. The number of hydrogen-bond acceptors (Lipinski definition) is 2. The molecule has 0 bridgehead atoms. The maximum atomic E-state index is 5.60. The number of hydrogen-bond donors (Lipinski definition) is 0. The van der Waals surface area contributed by atoms with Crippen molar-refractivity contribution in [1.82, 2.24) is 4.98 Å². The van der Waals surface area contributed by atoms with Crippen LogP contribution in [0.3, 0.4) is 0 Å². The second-order valence-corrected chi connectivity index (χ2v) is 2.92. The molecule has 0 aromatic carbocycles. The van der Waals surface area contributed by atoms with Crippen molar-refractivity contribution in [3.63, 3.8) is 0 Å². The van der Waals surface area contributed by atoms with Crippen LogP contribution >= 0.6 is 22.9 Å². The third kappa shape index (κ3) is 1.43. The van der Waals surface area contributed by atoms with Gasteiger partial charge in [-0.3, -0.25) is 0 Å². The average Bonchev–Trinajstić information content (AvgIpc) is 2.33. The molecule has 3 heteroatoms. The van der Waals surface area contributed by atoms with Gasteiger partial charge < -0.3 is 0 Å². The number of rotatable bonds is 2. The highest BCUT2D eigenvalue weighted by Gasteiger charge is 1.99. The minimum Gasteiger partial charge on any atom is -0.248 e. The van der Waals surface area contributed by atoms with Gasteiger partial charge in [0.25, 0.3) is 0 Å². The Morgan fingerprint density at radius 2 is 2.56 bits per heavy atom. The van der Waals surface area contributed by atoms with Gasteiger partial charge in [-0.2, -0.15) is 0 Å². The van der Waals surface area contributed by atoms with Gasteiger partial charge in [0, 0.05) is 4.88 Å². The Kier molecular flexibility index (Phi) is 2.49. The fourth-order valence-electron chi connectivity index (χ4n) is 0.690. The second kappa shape index (κ2) is 3.18. The Hall–Kier alpha value is -0.0800. The summed E-state index contributed by atoms with van der Waals surface area (Å²) >= 11 is 7.27. The molecule has 1 nitrogen and oxygen atoms in total. The van der Waals surface area contributed by atoms with Crippen molar-refractivity contribution in [2.24, 2.45) is 0 Å². The van der Waals surface area contributed by atoms with Crippen LogP contribution in [0.25, 0.3) is 0 Å². The largest absolute Gasteiger partial charge is 0.248 e. The van der Waals surface area contributed by atoms with E-state index in [4.69, 9.17) is 11.6 Å². The van der Waals surface area contributed by atoms with Crippen LogP contribution in [0.2, 0.25) is 0 Å². The molecule has 9 heavy (non-hydrogen) atoms. The number of nitrogens with zero attached hydrogens (tertiary/aromatic N) is 1. The topological polar surface area (TPSA) is 12.9 Å². The zero-order valence-corrected chi connectivity index (χ0v) is 6.80. The quantitative estimate of drug-likeness (QED) is 0.608. The lowest BCUT2D eigenvalue weighted by molar-refractivity contribution is 1.10. The molecule has 1 aromatic heterocycles. The van der Waals surface area contributed by atoms with E-state index >= 15 is 0 Å². The van der Waals surface area contributed by atoms with Crippen molar-refractivity contribution in [2.75, 3.05) is 0 Å². The van der Waals surface area contributed by atoms with Crippen molar-refractivity contribution in [2.45, 2.75) is 19.2 Å². The van der Waals surface area contributed by atoms with E-state index in [1.165, 1.54) is 4.88 Å². The first-order chi connectivity index (χ1) is 4.38. The number of aryl methyl sites for hydroxylation is 1. The monoisotopic (exact) mass is 161 g/mol. The van der Waals surface area contributed by atoms with E-state index in [0.29, 0.717) is 5.88 Å². The summed E-state index contributed by atoms with van der Waals surface area (Å²) in [5.74, 6) is 0.548. The molecule has 0 unspecified atom stereocenters. The lowest BCUT2D eigenvalue weighted by Gasteiger charge is -1.89. The smallest absolute Gasteiger partial charge is 0.0798 e. The zero-order valence-electron chi connectivity index (χ0n) is 5.22. The van der Waals surface area contributed by atoms with Gasteiger partial charge in [0.2, 0.25) is 0 Å². The molecule has 0 atom stereocenters. The molecule has 0 aliphatic carbocycles. The van der Waals surface area contributed by atoms with Crippen LogP contribution in [-0.2, 0) is 12.3 Å². The van der Waals surface area contributed by atoms with Crippen LogP contribution in [0, 0.1) is 0 Å². The molecular weight excluding hydrogens is 154 g/mol. The fraction of sp³-hybridized carbons (Fsp3) is 0.500. The molecule has 1 heterocycles. The maximum Gasteiger partial charge on any atom is 0.0798 e. The molecular formula is C6H8ClNS. The molecule has 0 N–H and O–H groups in total. The van der Waals surface area contributed by atoms with Crippen molar-refractivity contribution in [3.8, 4) is 0 Å². The third-order valence-corrected chi connectivity index (χ3v) is 2.45. The Labute approximate surface area is 63.7 Å². The Balaban J connectivity index is 2.85. The average molecular weight is 162 g/mol. The van der Waals surface area contributed by atoms with Crippen molar-refractivity contribution >= 4 is 22.9 Å². The molecule has 0 amide bonds. The molecule has 0 saturated heterocycles. The van der Waals surface area contributed by atoms with E-state index in [1.54, 1.807) is 11.3 Å². The predicted octanol–water partition coefficient (Wildman–Crippen LogP) is 2.44. The summed E-state index contributed by atoms with van der Waals surface area (Å²) in [7, 11) is 0. The van der Waals surface area contributed by atoms with Gasteiger partial charge in [0.05, 0.1) is 17.1 Å². The molecule has 0 spiro atoms. The Morgan fingerprint density at radius 3 is 3.00 bits per heavy atom. The van der Waals surface area contributed by atoms with Crippen LogP contribution in [0.1, 0.15) is 17.5 Å². The molecule has 0 aliphatic rings. The molecule has 50 valence electrons. The van der Waals surface area contributed by atoms with Crippen molar-refractivity contribution in [1.29, 1.82) is 0 Å². The first-order valence-corrected chi connectivity index (χ1v) is 4.27. The molecule has 0 fully saturated rings. The van der Waals surface area contributed by atoms with Crippen LogP contribution in [-0.4, -0.2) is 4.98 Å². The Morgan fingerprint density at radius 1 is 1.78 bits per heavy atom. The van der Waals surface area contributed by atoms with Crippen molar-refractivity contribution in [3.05, 3.63) is 16.1 Å². The first-order valence-electron chi connectivity index (χ1n) is 2.85. The van der Waals surface area contributed by atoms with Crippen LogP contribution in [0.5, 0.6) is 0 Å². The summed E-state index contributed by atoms with van der Waals surface area (Å²) in [5, 5.41) is 0. The van der Waals surface area contributed by atoms with Crippen LogP contribution in [0.4, 0.5) is 0 Å². The van der Waals surface area contributed by atoms with E-state index in [-0.39, 0.29) is 0 Å². The number of alkyl halides is 1. The second-order valence-electron chi connectivity index (χ2n) is 1.71. The van der Waals surface area contributed by atoms with E-state index in [9.17, 15) is 0 Å². The molecule has 0 aliphatic heterocycles. The summed E-state index contributed by atoms with van der Waals surface area (Å²) in [4.78, 5) is 5.40. The van der Waals surface area contributed by atoms with E-state index in [2.05, 4.69) is 11.9 Å². The van der Waals surface area contributed by atoms with Gasteiger partial charge in [-0.1, -0.05) is 6.92 Å². The summed E-state index contributed by atoms with van der Waals surface area (Å²) in [6, 6.07) is 0. The van der Waals surface area contributed by atoms with E-state index in [0.717, 1.165) is 12.1 Å². The fourth-order valence-corrected chi connectivity index (χ4v) is 1.73. The lowest BCUT2D eigenvalue weighted by Crippen LogP contribution is -1.82. The lowest BCUT2D eigenvalue weighted by atomic mass is 10.3. The Bertz CT molecular complexity index is 166. The predicted molar refractivity (Wildman–Crippen MR) is 41.0 cm³/mol. The van der Waals surface area contributed by atoms with Gasteiger partial charge in [-0.15, -0.1) is 22.9 Å². The molecule has 1 aromatic rings. The minimum atomic E-state index is 0.548. The van der Waals surface area contributed by atoms with E-state index in [1.807, 2.05) is 5.51 Å². The van der Waals surface area contributed by atoms with Gasteiger partial charge in [-0.05, 0) is 6.42 Å². The summed E-state index contributed by atoms with van der Waals surface area (Å²) in [6.07, 6.45) is 1.05. The number of aromatic nitrogens is 1. The normalized spacial score (nSPS) is 10.0. The highest BCUT2D eigenvalue weighted by molar-refractivity contribution is 7.09. The molecule has 0 saturated carbocycles. The maximum absolute atomic E-state index is 5.60. The number of halogens is 1. The summed E-state index contributed by atoms with van der Waals surface area (Å²) < 4.78 is 0. The van der Waals surface area contributed by atoms with Crippen LogP contribution < -0.4 is 0 Å². The molecule has 0 radical (unpaired) electrons. The van der Waals surface area contributed by atoms with Gasteiger partial charge in [0.15, 0.2) is 0 Å². The van der Waals surface area contributed by atoms with E-state index < -0.39 is 0 Å². The van der Waals surface area contributed by atoms with Gasteiger partial charge in [-0.25, -0.2) is 4.98 Å². The summed E-state index contributed by atoms with van der Waals surface area (Å²) in [6.45, 7) is 2.11. The minimum absolute atomic E-state index is 0.548. The standard InChI is InChI=1S/C6H8ClNS/c1-2-6-5(3-7)8-4-9-6/h4H,2-3H2,1H3. The SMILES string of the molecule is CCc1scnc1CCl. The van der Waals surface area contributed by atoms with Crippen molar-refractivity contribution < 1.29 is 0 Å². The highest BCUT2D eigenvalue weighted by atomic mass is 35.5. The molecule has 1 rings (SSSR count). The first kappa shape index (κ1) is 7.03. The van der Waals surface area contributed by atoms with Crippen LogP contribution in [0.15, 0.2) is 5.51 Å². The summed E-state index contributed by atoms with van der Waals surface area (Å²) in [5.41, 5.74) is 2.89. The van der Waals surface area contributed by atoms with Gasteiger partial charge in [0.1, 0.15) is 0 Å². The number of thiazole rings is 1. The zero-order chi connectivity index (χ0) is 6.69.